The van der Waals surface area contributed by atoms with Crippen molar-refractivity contribution in [2.45, 2.75) is 5.92 Å². The predicted molar refractivity (Wildman–Crippen MR) is 88.3 cm³/mol. The summed E-state index contributed by atoms with van der Waals surface area (Å²) in [6, 6.07) is 20.1. The van der Waals surface area contributed by atoms with Crippen molar-refractivity contribution in [2.24, 2.45) is 0 Å². The predicted octanol–water partition coefficient (Wildman–Crippen LogP) is 4.00. The summed E-state index contributed by atoms with van der Waals surface area (Å²) < 4.78 is 5.91. The number of allylic oxidation sites excluding steroid dienone is 1. The Morgan fingerprint density at radius 2 is 1.64 bits per heavy atom. The highest BCUT2D eigenvalue weighted by Gasteiger charge is 2.27. The van der Waals surface area contributed by atoms with Gasteiger partial charge in [0.25, 0.3) is 0 Å². The second kappa shape index (κ2) is 5.31. The van der Waals surface area contributed by atoms with Crippen molar-refractivity contribution < 1.29 is 4.74 Å². The van der Waals surface area contributed by atoms with Gasteiger partial charge >= 0.3 is 4.87 Å². The van der Waals surface area contributed by atoms with Crippen LogP contribution in [-0.2, 0) is 0 Å². The van der Waals surface area contributed by atoms with E-state index in [4.69, 9.17) is 4.74 Å². The minimum Gasteiger partial charge on any atom is -0.439 e. The summed E-state index contributed by atoms with van der Waals surface area (Å²) in [7, 11) is 0. The van der Waals surface area contributed by atoms with E-state index in [1.807, 2.05) is 48.5 Å². The SMILES string of the molecule is O=c1[nH]c2c(s1)C(c1ccccc1)C=C(c1ccccc1)O2. The van der Waals surface area contributed by atoms with Crippen LogP contribution >= 0.6 is 11.3 Å². The van der Waals surface area contributed by atoms with Gasteiger partial charge in [-0.3, -0.25) is 9.78 Å². The van der Waals surface area contributed by atoms with Gasteiger partial charge in [0.2, 0.25) is 5.88 Å². The molecule has 2 aromatic carbocycles. The lowest BCUT2D eigenvalue weighted by atomic mass is 9.94. The van der Waals surface area contributed by atoms with E-state index in [9.17, 15) is 4.79 Å². The Labute approximate surface area is 131 Å². The molecule has 0 bridgehead atoms. The first-order chi connectivity index (χ1) is 10.8. The molecule has 4 rings (SSSR count). The van der Waals surface area contributed by atoms with Crippen molar-refractivity contribution >= 4 is 17.1 Å². The molecule has 2 heterocycles. The average molecular weight is 307 g/mol. The Hall–Kier alpha value is -2.59. The Morgan fingerprint density at radius 1 is 0.955 bits per heavy atom. The fourth-order valence-electron chi connectivity index (χ4n) is 2.64. The minimum absolute atomic E-state index is 0.0316. The van der Waals surface area contributed by atoms with Gasteiger partial charge in [-0.2, -0.15) is 0 Å². The van der Waals surface area contributed by atoms with Crippen molar-refractivity contribution in [1.29, 1.82) is 0 Å². The van der Waals surface area contributed by atoms with Crippen molar-refractivity contribution in [3.05, 3.63) is 92.4 Å². The maximum absolute atomic E-state index is 11.7. The number of fused-ring (bicyclic) bond motifs is 1. The van der Waals surface area contributed by atoms with Crippen molar-refractivity contribution in [3.63, 3.8) is 0 Å². The van der Waals surface area contributed by atoms with E-state index in [0.29, 0.717) is 5.88 Å². The van der Waals surface area contributed by atoms with Crippen molar-refractivity contribution in [2.75, 3.05) is 0 Å². The summed E-state index contributed by atoms with van der Waals surface area (Å²) in [4.78, 5) is 15.4. The van der Waals surface area contributed by atoms with Crippen LogP contribution in [0.2, 0.25) is 0 Å². The number of rotatable bonds is 2. The summed E-state index contributed by atoms with van der Waals surface area (Å²) >= 11 is 1.21. The van der Waals surface area contributed by atoms with Gasteiger partial charge < -0.3 is 4.74 Å². The third kappa shape index (κ3) is 2.27. The Bertz CT molecular complexity index is 878. The summed E-state index contributed by atoms with van der Waals surface area (Å²) in [6.07, 6.45) is 2.08. The van der Waals surface area contributed by atoms with E-state index in [2.05, 4.69) is 23.2 Å². The molecule has 0 saturated heterocycles. The van der Waals surface area contributed by atoms with Crippen LogP contribution in [0.5, 0.6) is 5.88 Å². The molecule has 1 N–H and O–H groups in total. The number of aromatic nitrogens is 1. The number of ether oxygens (including phenoxy) is 1. The van der Waals surface area contributed by atoms with Gasteiger partial charge in [-0.15, -0.1) is 0 Å². The van der Waals surface area contributed by atoms with Crippen LogP contribution in [-0.4, -0.2) is 4.98 Å². The summed E-state index contributed by atoms with van der Waals surface area (Å²) in [5, 5.41) is 0. The van der Waals surface area contributed by atoms with Crippen LogP contribution in [0.1, 0.15) is 21.9 Å². The summed E-state index contributed by atoms with van der Waals surface area (Å²) in [6.45, 7) is 0. The topological polar surface area (TPSA) is 42.1 Å². The number of thiazole rings is 1. The van der Waals surface area contributed by atoms with Crippen LogP contribution in [0.3, 0.4) is 0 Å². The van der Waals surface area contributed by atoms with Crippen LogP contribution in [0.25, 0.3) is 5.76 Å². The highest BCUT2D eigenvalue weighted by Crippen LogP contribution is 2.41. The summed E-state index contributed by atoms with van der Waals surface area (Å²) in [5.74, 6) is 1.37. The molecule has 0 fully saturated rings. The highest BCUT2D eigenvalue weighted by atomic mass is 32.1. The third-order valence-corrected chi connectivity index (χ3v) is 4.62. The van der Waals surface area contributed by atoms with Gasteiger partial charge in [-0.25, -0.2) is 0 Å². The molecule has 108 valence electrons. The maximum Gasteiger partial charge on any atom is 0.307 e. The lowest BCUT2D eigenvalue weighted by Crippen LogP contribution is -2.08. The first-order valence-electron chi connectivity index (χ1n) is 7.04. The van der Waals surface area contributed by atoms with Gasteiger partial charge in [0, 0.05) is 11.5 Å². The number of nitrogens with one attached hydrogen (secondary N) is 1. The lowest BCUT2D eigenvalue weighted by Gasteiger charge is -2.21. The molecule has 0 aliphatic carbocycles. The van der Waals surface area contributed by atoms with Crippen LogP contribution < -0.4 is 9.61 Å². The molecule has 1 aliphatic heterocycles. The Morgan fingerprint density at radius 3 is 2.36 bits per heavy atom. The number of hydrogen-bond acceptors (Lipinski definition) is 3. The molecule has 1 unspecified atom stereocenters. The van der Waals surface area contributed by atoms with Crippen LogP contribution in [0.15, 0.2) is 71.5 Å². The van der Waals surface area contributed by atoms with Crippen LogP contribution in [0, 0.1) is 0 Å². The standard InChI is InChI=1S/C18H13NO2S/c20-18-19-17-16(22-18)14(12-7-3-1-4-8-12)11-15(21-17)13-9-5-2-6-10-13/h1-11,14H,(H,19,20). The van der Waals surface area contributed by atoms with Gasteiger partial charge in [0.1, 0.15) is 5.76 Å². The normalized spacial score (nSPS) is 16.5. The zero-order valence-electron chi connectivity index (χ0n) is 11.7. The highest BCUT2D eigenvalue weighted by molar-refractivity contribution is 7.09. The molecule has 1 aliphatic rings. The quantitative estimate of drug-likeness (QED) is 0.777. The molecule has 0 saturated carbocycles. The molecule has 4 heteroatoms. The summed E-state index contributed by atoms with van der Waals surface area (Å²) in [5.41, 5.74) is 2.15. The zero-order valence-corrected chi connectivity index (χ0v) is 12.5. The third-order valence-electron chi connectivity index (χ3n) is 3.67. The molecule has 22 heavy (non-hydrogen) atoms. The molecule has 0 radical (unpaired) electrons. The lowest BCUT2D eigenvalue weighted by molar-refractivity contribution is 0.476. The van der Waals surface area contributed by atoms with E-state index in [-0.39, 0.29) is 10.8 Å². The molecule has 0 amide bonds. The Balaban J connectivity index is 1.86. The second-order valence-corrected chi connectivity index (χ2v) is 6.11. The zero-order chi connectivity index (χ0) is 14.9. The monoisotopic (exact) mass is 307 g/mol. The first kappa shape index (κ1) is 13.1. The molecular weight excluding hydrogens is 294 g/mol. The molecule has 1 atom stereocenters. The molecule has 3 nitrogen and oxygen atoms in total. The smallest absolute Gasteiger partial charge is 0.307 e. The van der Waals surface area contributed by atoms with Crippen LogP contribution in [0.4, 0.5) is 0 Å². The van der Waals surface area contributed by atoms with Gasteiger partial charge in [0.05, 0.1) is 4.88 Å². The number of hydrogen-bond donors (Lipinski definition) is 1. The minimum atomic E-state index is -0.0892. The van der Waals surface area contributed by atoms with E-state index in [1.165, 1.54) is 11.3 Å². The van der Waals surface area contributed by atoms with Gasteiger partial charge in [-0.05, 0) is 11.6 Å². The fraction of sp³-hybridized carbons (Fsp3) is 0.0556. The van der Waals surface area contributed by atoms with Crippen molar-refractivity contribution in [1.82, 2.24) is 4.98 Å². The van der Waals surface area contributed by atoms with Gasteiger partial charge in [-0.1, -0.05) is 72.0 Å². The van der Waals surface area contributed by atoms with E-state index >= 15 is 0 Å². The van der Waals surface area contributed by atoms with E-state index in [1.54, 1.807) is 0 Å². The molecular formula is C18H13NO2S. The second-order valence-electron chi connectivity index (χ2n) is 5.10. The maximum atomic E-state index is 11.7. The number of benzene rings is 2. The van der Waals surface area contributed by atoms with E-state index < -0.39 is 0 Å². The molecule has 1 aromatic heterocycles. The Kier molecular flexibility index (Phi) is 3.16. The van der Waals surface area contributed by atoms with E-state index in [0.717, 1.165) is 21.8 Å². The van der Waals surface area contributed by atoms with Gasteiger partial charge in [0.15, 0.2) is 0 Å². The molecule has 3 aromatic rings. The first-order valence-corrected chi connectivity index (χ1v) is 7.86. The molecule has 0 spiro atoms. The number of H-pyrrole nitrogens is 1. The largest absolute Gasteiger partial charge is 0.439 e. The average Bonchev–Trinajstić information content (AvgIpc) is 2.95. The number of aromatic amines is 1. The van der Waals surface area contributed by atoms with Crippen molar-refractivity contribution in [3.8, 4) is 5.88 Å². The fourth-order valence-corrected chi connectivity index (χ4v) is 3.50.